The van der Waals surface area contributed by atoms with Crippen LogP contribution in [0.1, 0.15) is 53.7 Å². The molecule has 4 heterocycles. The van der Waals surface area contributed by atoms with E-state index in [9.17, 15) is 22.8 Å². The molecule has 0 aliphatic rings. The molecule has 0 unspecified atom stereocenters. The normalized spacial score (nSPS) is 9.69. The van der Waals surface area contributed by atoms with Crippen molar-refractivity contribution >= 4 is 34.0 Å². The summed E-state index contributed by atoms with van der Waals surface area (Å²) in [4.78, 5) is 52.3. The molecule has 344 valence electrons. The number of carbonyl (C=O) groups is 3. The number of ketones is 2. The van der Waals surface area contributed by atoms with Crippen LogP contribution in [0.2, 0.25) is 0 Å². The van der Waals surface area contributed by atoms with Crippen LogP contribution in [0.3, 0.4) is 0 Å². The van der Waals surface area contributed by atoms with Crippen LogP contribution in [0.25, 0.3) is 22.9 Å². The molecule has 4 aromatic carbocycles. The van der Waals surface area contributed by atoms with Gasteiger partial charge in [0, 0.05) is 48.1 Å². The average molecular weight is 1050 g/mol. The fourth-order valence-electron chi connectivity index (χ4n) is 5.69. The first kappa shape index (κ1) is 59.9. The number of alkyl halides is 2. The van der Waals surface area contributed by atoms with Gasteiger partial charge in [-0.2, -0.15) is 5.10 Å². The molecule has 4 aromatic heterocycles. The van der Waals surface area contributed by atoms with Crippen molar-refractivity contribution in [1.82, 2.24) is 39.9 Å². The Hall–Kier alpha value is -4.23. The quantitative estimate of drug-likeness (QED) is 0.0423. The van der Waals surface area contributed by atoms with Crippen LogP contribution >= 0.6 is 15.9 Å². The number of rotatable bonds is 14. The maximum absolute atomic E-state index is 13.1. The first-order chi connectivity index (χ1) is 32.2. The molecule has 68 heavy (non-hydrogen) atoms. The zero-order valence-corrected chi connectivity index (χ0v) is 44.6. The summed E-state index contributed by atoms with van der Waals surface area (Å²) in [5.74, 6) is 2.25. The molecule has 8 aromatic rings. The van der Waals surface area contributed by atoms with E-state index in [2.05, 4.69) is 56.0 Å². The fraction of sp³-hybridized carbons (Fsp3) is 0.163. The Morgan fingerprint density at radius 2 is 1.29 bits per heavy atom. The Kier molecular flexibility index (Phi) is 31.6. The number of pyridine rings is 2. The van der Waals surface area contributed by atoms with Crippen LogP contribution in [-0.2, 0) is 41.9 Å². The molecule has 0 radical (unpaired) electrons. The van der Waals surface area contributed by atoms with Gasteiger partial charge in [0.1, 0.15) is 35.5 Å². The summed E-state index contributed by atoms with van der Waals surface area (Å²) in [5, 5.41) is 20.5. The first-order valence-electron chi connectivity index (χ1n) is 20.3. The van der Waals surface area contributed by atoms with E-state index in [0.717, 1.165) is 40.9 Å². The molecule has 0 saturated heterocycles. The number of hydrogen-bond acceptors (Lipinski definition) is 11. The standard InChI is InChI=1S/C23H19FN4O.C15H13FN4.C8H7BrO.CH3F.CH2O3.CH4.2K.H/c24-19-12-9-17(10-13-19)11-14-22-26-23(20-8-4-5-15-25-20)27-28(22)16-21(29)18-6-2-1-3-7-18;16-13-6-3-11(4-7-13)5-8-14-18-15(20-19-14)12-2-1-9-17-10-12;9-6-8(10)7-4-2-1-3-5-7;1-2;2-1-4-3;;;;/h1-10,12-13,15H,11,14,16H2;1-4,6-7,9-10H,5,8H2,(H,18,19,20);1-5H,6H2;1H3;1,3H;1H4;;;/q;;;;;;2*+1;-1/p-1/i;;;1D;;;;;. The molecule has 8 rings (SSSR count). The molecule has 0 atom stereocenters. The van der Waals surface area contributed by atoms with Crippen LogP contribution < -0.4 is 108 Å². The molecule has 0 aliphatic heterocycles. The number of benzene rings is 4. The number of nitrogens with one attached hydrogen (secondary N) is 1. The van der Waals surface area contributed by atoms with Crippen molar-refractivity contribution in [3.05, 3.63) is 204 Å². The Morgan fingerprint density at radius 1 is 0.750 bits per heavy atom. The van der Waals surface area contributed by atoms with Gasteiger partial charge in [-0.25, -0.2) is 23.4 Å². The second-order valence-electron chi connectivity index (χ2n) is 13.2. The average Bonchev–Trinajstić information content (AvgIpc) is 4.02. The third-order valence-electron chi connectivity index (χ3n) is 8.85. The van der Waals surface area contributed by atoms with Gasteiger partial charge in [-0.3, -0.25) is 33.8 Å². The van der Waals surface area contributed by atoms with Crippen LogP contribution in [-0.4, -0.2) is 70.4 Å². The van der Waals surface area contributed by atoms with Gasteiger partial charge in [0.25, 0.3) is 6.47 Å². The second kappa shape index (κ2) is 35.8. The van der Waals surface area contributed by atoms with Crippen molar-refractivity contribution in [3.8, 4) is 22.9 Å². The fourth-order valence-corrected chi connectivity index (χ4v) is 6.02. The second-order valence-corrected chi connectivity index (χ2v) is 13.8. The van der Waals surface area contributed by atoms with Gasteiger partial charge >= 0.3 is 103 Å². The summed E-state index contributed by atoms with van der Waals surface area (Å²) < 4.78 is 43.1. The molecule has 0 fully saturated rings. The number of aromatic nitrogens is 8. The van der Waals surface area contributed by atoms with Gasteiger partial charge in [-0.15, -0.1) is 5.10 Å². The number of H-pyrrole nitrogens is 1. The number of hydrogen-bond donors (Lipinski definition) is 1. The molecule has 19 heteroatoms. The Morgan fingerprint density at radius 3 is 1.79 bits per heavy atom. The van der Waals surface area contributed by atoms with Crippen molar-refractivity contribution in [1.29, 1.82) is 0 Å². The monoisotopic (exact) mass is 1040 g/mol. The van der Waals surface area contributed by atoms with E-state index in [1.165, 1.54) is 24.3 Å². The molecule has 0 saturated carbocycles. The van der Waals surface area contributed by atoms with Gasteiger partial charge in [-0.05, 0) is 72.5 Å². The molecule has 0 spiro atoms. The van der Waals surface area contributed by atoms with E-state index < -0.39 is 7.15 Å². The number of aryl methyl sites for hydroxylation is 4. The summed E-state index contributed by atoms with van der Waals surface area (Å²) >= 11 is 3.10. The maximum Gasteiger partial charge on any atom is 1.00 e. The number of halogens is 4. The van der Waals surface area contributed by atoms with Crippen molar-refractivity contribution in [2.75, 3.05) is 12.5 Å². The smallest absolute Gasteiger partial charge is 1.00 e. The summed E-state index contributed by atoms with van der Waals surface area (Å²) in [6.07, 6.45) is 7.90. The minimum absolute atomic E-state index is 0. The van der Waals surface area contributed by atoms with E-state index in [0.29, 0.717) is 46.9 Å². The third kappa shape index (κ3) is 22.0. The predicted octanol–water partition coefficient (Wildman–Crippen LogP) is 2.98. The SMILES string of the molecule is C.Fc1ccc(CCc2nc(-c3cccnc3)n[nH]2)cc1.O=C(CBr)c1ccccc1.O=C(Cn1nc(-c2ccccn2)nc1CCc1ccc(F)cc1)c1ccccc1.O=CO[O-].[2H]CF.[H-].[K+].[K+]. The molecule has 0 amide bonds. The van der Waals surface area contributed by atoms with Crippen molar-refractivity contribution in [2.24, 2.45) is 0 Å². The van der Waals surface area contributed by atoms with Gasteiger partial charge in [-0.1, -0.05) is 114 Å². The number of nitrogens with zero attached hydrogens (tertiary/aromatic N) is 7. The number of Topliss-reactive ketones (excluding diaryl/α,β-unsaturated/α-hetero) is 2. The van der Waals surface area contributed by atoms with E-state index in [1.54, 1.807) is 59.7 Å². The van der Waals surface area contributed by atoms with Crippen LogP contribution in [0.5, 0.6) is 0 Å². The van der Waals surface area contributed by atoms with Gasteiger partial charge in [0.15, 0.2) is 23.2 Å². The van der Waals surface area contributed by atoms with E-state index in [1.807, 2.05) is 78.9 Å². The molecule has 0 bridgehead atoms. The summed E-state index contributed by atoms with van der Waals surface area (Å²) in [6, 6.07) is 40.6. The van der Waals surface area contributed by atoms with Crippen LogP contribution in [0.4, 0.5) is 13.2 Å². The van der Waals surface area contributed by atoms with Crippen molar-refractivity contribution in [3.63, 3.8) is 0 Å². The predicted molar refractivity (Wildman–Crippen MR) is 248 cm³/mol. The van der Waals surface area contributed by atoms with Gasteiger partial charge in [0.05, 0.1) is 13.9 Å². The minimum atomic E-state index is -1.00. The summed E-state index contributed by atoms with van der Waals surface area (Å²) in [7, 11) is -1.00. The molecule has 0 aliphatic carbocycles. The zero-order chi connectivity index (χ0) is 47.4. The van der Waals surface area contributed by atoms with Crippen molar-refractivity contribution < 1.29 is 143 Å². The van der Waals surface area contributed by atoms with Crippen molar-refractivity contribution in [2.45, 2.75) is 39.7 Å². The Labute approximate surface area is 489 Å². The zero-order valence-electron chi connectivity index (χ0n) is 38.7. The summed E-state index contributed by atoms with van der Waals surface area (Å²) in [5.41, 5.74) is 5.00. The Balaban J connectivity index is 0.00000101. The van der Waals surface area contributed by atoms with E-state index in [4.69, 9.17) is 11.4 Å². The largest absolute Gasteiger partial charge is 1.00 e. The molecule has 1 N–H and O–H groups in total. The third-order valence-corrected chi connectivity index (χ3v) is 9.36. The topological polar surface area (TPSA) is 182 Å². The molecular weight excluding hydrogens is 996 g/mol. The van der Waals surface area contributed by atoms with Crippen LogP contribution in [0.15, 0.2) is 158 Å². The van der Waals surface area contributed by atoms with E-state index in [-0.39, 0.29) is 148 Å². The number of carbonyl (C=O) groups excluding carboxylic acids is 3. The summed E-state index contributed by atoms with van der Waals surface area (Å²) in [6.45, 7) is -0.0808. The Bertz CT molecular complexity index is 2630. The van der Waals surface area contributed by atoms with Crippen LogP contribution in [0, 0.1) is 11.6 Å². The van der Waals surface area contributed by atoms with Gasteiger partial charge < -0.3 is 11.6 Å². The molecular formula is C49H48BrF3K2N8O5. The maximum atomic E-state index is 13.1. The minimum Gasteiger partial charge on any atom is -1.00 e. The first-order valence-corrected chi connectivity index (χ1v) is 20.8. The number of aromatic amines is 1. The van der Waals surface area contributed by atoms with Gasteiger partial charge in [0.2, 0.25) is 0 Å². The molecule has 13 nitrogen and oxygen atoms in total. The van der Waals surface area contributed by atoms with E-state index >= 15 is 0 Å².